The quantitative estimate of drug-likeness (QED) is 0.740. The van der Waals surface area contributed by atoms with E-state index in [1.807, 2.05) is 10.8 Å². The molecule has 23 heavy (non-hydrogen) atoms. The first kappa shape index (κ1) is 14.1. The number of hydrogen-bond acceptors (Lipinski definition) is 5. The van der Waals surface area contributed by atoms with E-state index >= 15 is 0 Å². The predicted molar refractivity (Wildman–Crippen MR) is 78.8 cm³/mol. The SMILES string of the molecule is Fc1cccc(-c2noc([C@@H]3CC[C@H](Cn4ccnc4)O3)n2)c1. The Labute approximate surface area is 131 Å². The highest BCUT2D eigenvalue weighted by Crippen LogP contribution is 2.33. The molecule has 6 nitrogen and oxygen atoms in total. The van der Waals surface area contributed by atoms with Crippen molar-refractivity contribution in [1.82, 2.24) is 19.7 Å². The Bertz CT molecular complexity index is 787. The van der Waals surface area contributed by atoms with Gasteiger partial charge in [-0.15, -0.1) is 0 Å². The van der Waals surface area contributed by atoms with E-state index in [4.69, 9.17) is 9.26 Å². The molecule has 1 saturated heterocycles. The second kappa shape index (κ2) is 5.92. The Morgan fingerprint density at radius 2 is 2.26 bits per heavy atom. The third kappa shape index (κ3) is 3.00. The van der Waals surface area contributed by atoms with Crippen molar-refractivity contribution in [3.05, 3.63) is 54.7 Å². The van der Waals surface area contributed by atoms with Crippen molar-refractivity contribution in [1.29, 1.82) is 0 Å². The van der Waals surface area contributed by atoms with Gasteiger partial charge in [-0.3, -0.25) is 0 Å². The fourth-order valence-corrected chi connectivity index (χ4v) is 2.76. The van der Waals surface area contributed by atoms with Gasteiger partial charge in [-0.05, 0) is 25.0 Å². The van der Waals surface area contributed by atoms with E-state index in [-0.39, 0.29) is 18.0 Å². The van der Waals surface area contributed by atoms with Gasteiger partial charge in [0.2, 0.25) is 5.82 Å². The van der Waals surface area contributed by atoms with Crippen molar-refractivity contribution in [2.45, 2.75) is 31.6 Å². The monoisotopic (exact) mass is 314 g/mol. The van der Waals surface area contributed by atoms with Gasteiger partial charge in [0.15, 0.2) is 0 Å². The molecule has 7 heteroatoms. The topological polar surface area (TPSA) is 66.0 Å². The van der Waals surface area contributed by atoms with Crippen molar-refractivity contribution in [2.24, 2.45) is 0 Å². The number of halogens is 1. The van der Waals surface area contributed by atoms with Crippen LogP contribution in [0.5, 0.6) is 0 Å². The Hall–Kier alpha value is -2.54. The van der Waals surface area contributed by atoms with Crippen molar-refractivity contribution < 1.29 is 13.7 Å². The first-order valence-corrected chi connectivity index (χ1v) is 7.49. The predicted octanol–water partition coefficient (Wildman–Crippen LogP) is 2.99. The lowest BCUT2D eigenvalue weighted by Gasteiger charge is -2.11. The standard InChI is InChI=1S/C16H15FN4O2/c17-12-3-1-2-11(8-12)15-19-16(23-20-15)14-5-4-13(22-14)9-21-7-6-18-10-21/h1-3,6-8,10,13-14H,4-5,9H2/t13-,14+/m1/s1. The zero-order valence-electron chi connectivity index (χ0n) is 12.3. The molecule has 3 heterocycles. The lowest BCUT2D eigenvalue weighted by Crippen LogP contribution is -2.14. The van der Waals surface area contributed by atoms with Crippen molar-refractivity contribution in [3.8, 4) is 11.4 Å². The van der Waals surface area contributed by atoms with Gasteiger partial charge in [-0.25, -0.2) is 9.37 Å². The summed E-state index contributed by atoms with van der Waals surface area (Å²) in [6.45, 7) is 0.751. The summed E-state index contributed by atoms with van der Waals surface area (Å²) >= 11 is 0. The zero-order valence-corrected chi connectivity index (χ0v) is 12.3. The van der Waals surface area contributed by atoms with Crippen molar-refractivity contribution in [3.63, 3.8) is 0 Å². The molecular formula is C16H15FN4O2. The van der Waals surface area contributed by atoms with Crippen LogP contribution in [-0.4, -0.2) is 25.8 Å². The van der Waals surface area contributed by atoms with Gasteiger partial charge in [0.1, 0.15) is 11.9 Å². The largest absolute Gasteiger partial charge is 0.363 e. The molecule has 0 amide bonds. The number of benzene rings is 1. The number of rotatable bonds is 4. The minimum absolute atomic E-state index is 0.0960. The van der Waals surface area contributed by atoms with Crippen LogP contribution in [0, 0.1) is 5.82 Å². The summed E-state index contributed by atoms with van der Waals surface area (Å²) in [7, 11) is 0. The van der Waals surface area contributed by atoms with Crippen LogP contribution in [0.2, 0.25) is 0 Å². The number of imidazole rings is 1. The van der Waals surface area contributed by atoms with Crippen LogP contribution in [0.3, 0.4) is 0 Å². The van der Waals surface area contributed by atoms with Crippen molar-refractivity contribution >= 4 is 0 Å². The van der Waals surface area contributed by atoms with Gasteiger partial charge in [0.25, 0.3) is 5.89 Å². The molecule has 4 rings (SSSR count). The lowest BCUT2D eigenvalue weighted by molar-refractivity contribution is 0.0178. The maximum absolute atomic E-state index is 13.3. The lowest BCUT2D eigenvalue weighted by atomic mass is 10.2. The summed E-state index contributed by atoms with van der Waals surface area (Å²) < 4.78 is 26.5. The maximum atomic E-state index is 13.3. The molecule has 118 valence electrons. The first-order valence-electron chi connectivity index (χ1n) is 7.49. The van der Waals surface area contributed by atoms with E-state index < -0.39 is 0 Å². The average Bonchev–Trinajstić information content (AvgIpc) is 3.29. The molecule has 1 aliphatic heterocycles. The van der Waals surface area contributed by atoms with Crippen LogP contribution in [0.4, 0.5) is 4.39 Å². The Balaban J connectivity index is 1.45. The van der Waals surface area contributed by atoms with E-state index in [1.165, 1.54) is 12.1 Å². The van der Waals surface area contributed by atoms with Gasteiger partial charge in [-0.1, -0.05) is 17.3 Å². The third-order valence-corrected chi connectivity index (χ3v) is 3.88. The van der Waals surface area contributed by atoms with E-state index in [1.54, 1.807) is 24.7 Å². The normalized spacial score (nSPS) is 20.9. The smallest absolute Gasteiger partial charge is 0.256 e. The summed E-state index contributed by atoms with van der Waals surface area (Å²) in [4.78, 5) is 8.37. The highest BCUT2D eigenvalue weighted by atomic mass is 19.1. The molecule has 1 aliphatic rings. The molecule has 0 saturated carbocycles. The van der Waals surface area contributed by atoms with Gasteiger partial charge < -0.3 is 13.8 Å². The van der Waals surface area contributed by atoms with E-state index in [9.17, 15) is 4.39 Å². The summed E-state index contributed by atoms with van der Waals surface area (Å²) in [5, 5.41) is 3.92. The van der Waals surface area contributed by atoms with Crippen LogP contribution < -0.4 is 0 Å². The Morgan fingerprint density at radius 3 is 3.09 bits per heavy atom. The highest BCUT2D eigenvalue weighted by molar-refractivity contribution is 5.53. The zero-order chi connectivity index (χ0) is 15.6. The second-order valence-corrected chi connectivity index (χ2v) is 5.55. The number of hydrogen-bond donors (Lipinski definition) is 0. The minimum atomic E-state index is -0.327. The Kier molecular flexibility index (Phi) is 3.63. The second-order valence-electron chi connectivity index (χ2n) is 5.55. The van der Waals surface area contributed by atoms with Gasteiger partial charge in [0.05, 0.1) is 12.4 Å². The van der Waals surface area contributed by atoms with Crippen molar-refractivity contribution in [2.75, 3.05) is 0 Å². The van der Waals surface area contributed by atoms with Crippen LogP contribution in [-0.2, 0) is 11.3 Å². The van der Waals surface area contributed by atoms with Crippen LogP contribution in [0.1, 0.15) is 24.8 Å². The van der Waals surface area contributed by atoms with Gasteiger partial charge in [-0.2, -0.15) is 4.98 Å². The summed E-state index contributed by atoms with van der Waals surface area (Å²) in [5.74, 6) is 0.491. The number of aromatic nitrogens is 4. The first-order chi connectivity index (χ1) is 11.3. The van der Waals surface area contributed by atoms with Crippen LogP contribution >= 0.6 is 0 Å². The molecule has 1 aromatic carbocycles. The third-order valence-electron chi connectivity index (χ3n) is 3.88. The van der Waals surface area contributed by atoms with E-state index in [0.717, 1.165) is 19.4 Å². The fourth-order valence-electron chi connectivity index (χ4n) is 2.76. The van der Waals surface area contributed by atoms with Crippen LogP contribution in [0.25, 0.3) is 11.4 Å². The molecule has 2 atom stereocenters. The molecular weight excluding hydrogens is 299 g/mol. The maximum Gasteiger partial charge on any atom is 0.256 e. The highest BCUT2D eigenvalue weighted by Gasteiger charge is 2.31. The number of ether oxygens (including phenoxy) is 1. The molecule has 0 radical (unpaired) electrons. The van der Waals surface area contributed by atoms with E-state index in [2.05, 4.69) is 15.1 Å². The molecule has 2 aromatic heterocycles. The molecule has 0 bridgehead atoms. The van der Waals surface area contributed by atoms with Gasteiger partial charge >= 0.3 is 0 Å². The molecule has 3 aromatic rings. The molecule has 0 N–H and O–H groups in total. The summed E-state index contributed by atoms with van der Waals surface area (Å²) in [5.41, 5.74) is 0.591. The molecule has 0 spiro atoms. The number of nitrogens with zero attached hydrogens (tertiary/aromatic N) is 4. The summed E-state index contributed by atoms with van der Waals surface area (Å²) in [6, 6.07) is 6.13. The summed E-state index contributed by atoms with van der Waals surface area (Å²) in [6.07, 6.45) is 7.05. The fraction of sp³-hybridized carbons (Fsp3) is 0.312. The minimum Gasteiger partial charge on any atom is -0.363 e. The van der Waals surface area contributed by atoms with Gasteiger partial charge in [0, 0.05) is 24.5 Å². The van der Waals surface area contributed by atoms with Crippen LogP contribution in [0.15, 0.2) is 47.5 Å². The van der Waals surface area contributed by atoms with E-state index in [0.29, 0.717) is 17.3 Å². The Morgan fingerprint density at radius 1 is 1.30 bits per heavy atom. The molecule has 1 fully saturated rings. The average molecular weight is 314 g/mol. The molecule has 0 aliphatic carbocycles. The molecule has 0 unspecified atom stereocenters.